The molecular formula is C18H24N2. The highest BCUT2D eigenvalue weighted by Crippen LogP contribution is 2.23. The molecule has 106 valence electrons. The van der Waals surface area contributed by atoms with Crippen LogP contribution in [-0.2, 0) is 25.9 Å². The molecule has 1 aliphatic rings. The van der Waals surface area contributed by atoms with Crippen molar-refractivity contribution >= 4 is 0 Å². The Hall–Kier alpha value is -1.54. The van der Waals surface area contributed by atoms with Gasteiger partial charge >= 0.3 is 0 Å². The van der Waals surface area contributed by atoms with Gasteiger partial charge in [-0.05, 0) is 60.5 Å². The normalized spacial score (nSPS) is 13.7. The van der Waals surface area contributed by atoms with Gasteiger partial charge in [-0.3, -0.25) is 0 Å². The number of rotatable bonds is 6. The molecule has 0 spiro atoms. The Bertz CT molecular complexity index is 569. The van der Waals surface area contributed by atoms with Crippen LogP contribution >= 0.6 is 0 Å². The lowest BCUT2D eigenvalue weighted by atomic mass is 10.1. The van der Waals surface area contributed by atoms with Crippen molar-refractivity contribution < 1.29 is 0 Å². The van der Waals surface area contributed by atoms with E-state index in [1.54, 1.807) is 11.1 Å². The van der Waals surface area contributed by atoms with E-state index in [0.29, 0.717) is 0 Å². The van der Waals surface area contributed by atoms with Gasteiger partial charge in [0.15, 0.2) is 0 Å². The summed E-state index contributed by atoms with van der Waals surface area (Å²) in [6.07, 6.45) is 9.50. The van der Waals surface area contributed by atoms with Crippen LogP contribution in [-0.4, -0.2) is 11.1 Å². The molecule has 0 saturated carbocycles. The lowest BCUT2D eigenvalue weighted by molar-refractivity contribution is 0.673. The van der Waals surface area contributed by atoms with Crippen molar-refractivity contribution in [2.45, 2.75) is 45.7 Å². The van der Waals surface area contributed by atoms with E-state index < -0.39 is 0 Å². The van der Waals surface area contributed by atoms with E-state index in [1.807, 2.05) is 0 Å². The highest BCUT2D eigenvalue weighted by atomic mass is 14.9. The Kier molecular flexibility index (Phi) is 4.22. The molecule has 1 aromatic carbocycles. The van der Waals surface area contributed by atoms with Crippen LogP contribution in [0.4, 0.5) is 0 Å². The molecule has 1 heterocycles. The predicted octanol–water partition coefficient (Wildman–Crippen LogP) is 3.52. The Morgan fingerprint density at radius 2 is 2.00 bits per heavy atom. The first-order chi connectivity index (χ1) is 9.85. The molecule has 0 atom stereocenters. The number of aromatic nitrogens is 1. The summed E-state index contributed by atoms with van der Waals surface area (Å²) in [6.45, 7) is 5.26. The van der Waals surface area contributed by atoms with Crippen LogP contribution in [0, 0.1) is 0 Å². The first-order valence-electron chi connectivity index (χ1n) is 7.81. The highest BCUT2D eigenvalue weighted by molar-refractivity contribution is 5.35. The first kappa shape index (κ1) is 13.4. The van der Waals surface area contributed by atoms with Crippen molar-refractivity contribution in [1.82, 2.24) is 9.88 Å². The van der Waals surface area contributed by atoms with Crippen LogP contribution in [0.5, 0.6) is 0 Å². The number of hydrogen-bond donors (Lipinski definition) is 1. The standard InChI is InChI=1S/C18H24N2/c1-2-9-19-12-16-8-10-20(14-16)13-15-6-7-17-4-3-5-18(17)11-15/h6-8,10-11,14,19H,2-5,9,12-13H2,1H3. The van der Waals surface area contributed by atoms with Crippen LogP contribution in [0.1, 0.15) is 42.0 Å². The maximum absolute atomic E-state index is 3.45. The first-order valence-corrected chi connectivity index (χ1v) is 7.81. The average molecular weight is 268 g/mol. The van der Waals surface area contributed by atoms with Gasteiger partial charge in [-0.1, -0.05) is 25.1 Å². The molecule has 0 bridgehead atoms. The molecule has 1 aromatic heterocycles. The molecule has 2 aromatic rings. The van der Waals surface area contributed by atoms with E-state index in [0.717, 1.165) is 19.6 Å². The summed E-state index contributed by atoms with van der Waals surface area (Å²) in [5, 5.41) is 3.45. The number of benzene rings is 1. The number of aryl methyl sites for hydroxylation is 2. The van der Waals surface area contributed by atoms with Gasteiger partial charge in [-0.2, -0.15) is 0 Å². The number of fused-ring (bicyclic) bond motifs is 1. The maximum atomic E-state index is 3.45. The van der Waals surface area contributed by atoms with Crippen molar-refractivity contribution in [2.75, 3.05) is 6.54 Å². The summed E-state index contributed by atoms with van der Waals surface area (Å²) in [6, 6.07) is 9.23. The zero-order valence-electron chi connectivity index (χ0n) is 12.4. The second-order valence-electron chi connectivity index (χ2n) is 5.83. The molecule has 0 radical (unpaired) electrons. The molecular weight excluding hydrogens is 244 g/mol. The third-order valence-corrected chi connectivity index (χ3v) is 4.10. The minimum Gasteiger partial charge on any atom is -0.350 e. The molecule has 1 aliphatic carbocycles. The summed E-state index contributed by atoms with van der Waals surface area (Å²) in [5.74, 6) is 0. The molecule has 3 rings (SSSR count). The van der Waals surface area contributed by atoms with Crippen LogP contribution in [0.25, 0.3) is 0 Å². The third-order valence-electron chi connectivity index (χ3n) is 4.10. The molecule has 0 fully saturated rings. The van der Waals surface area contributed by atoms with Gasteiger partial charge in [0.05, 0.1) is 0 Å². The zero-order valence-corrected chi connectivity index (χ0v) is 12.4. The number of hydrogen-bond acceptors (Lipinski definition) is 1. The number of nitrogens with zero attached hydrogens (tertiary/aromatic N) is 1. The SMILES string of the molecule is CCCNCc1ccn(Cc2ccc3c(c2)CCC3)c1. The van der Waals surface area contributed by atoms with Crippen molar-refractivity contribution in [1.29, 1.82) is 0 Å². The molecule has 0 saturated heterocycles. The van der Waals surface area contributed by atoms with Crippen LogP contribution in [0.15, 0.2) is 36.7 Å². The van der Waals surface area contributed by atoms with Crippen LogP contribution in [0.3, 0.4) is 0 Å². The topological polar surface area (TPSA) is 17.0 Å². The molecule has 0 unspecified atom stereocenters. The lowest BCUT2D eigenvalue weighted by Crippen LogP contribution is -2.13. The molecule has 2 nitrogen and oxygen atoms in total. The fourth-order valence-electron chi connectivity index (χ4n) is 3.04. The van der Waals surface area contributed by atoms with E-state index >= 15 is 0 Å². The molecule has 0 amide bonds. The molecule has 1 N–H and O–H groups in total. The van der Waals surface area contributed by atoms with Crippen molar-refractivity contribution in [2.24, 2.45) is 0 Å². The molecule has 0 aliphatic heterocycles. The van der Waals surface area contributed by atoms with Crippen LogP contribution in [0.2, 0.25) is 0 Å². The summed E-state index contributed by atoms with van der Waals surface area (Å²) in [7, 11) is 0. The summed E-state index contributed by atoms with van der Waals surface area (Å²) < 4.78 is 2.29. The summed E-state index contributed by atoms with van der Waals surface area (Å²) >= 11 is 0. The van der Waals surface area contributed by atoms with E-state index in [1.165, 1.54) is 36.8 Å². The quantitative estimate of drug-likeness (QED) is 0.793. The van der Waals surface area contributed by atoms with Gasteiger partial charge in [0.25, 0.3) is 0 Å². The van der Waals surface area contributed by atoms with Gasteiger partial charge in [-0.25, -0.2) is 0 Å². The Morgan fingerprint density at radius 1 is 1.10 bits per heavy atom. The van der Waals surface area contributed by atoms with Gasteiger partial charge in [-0.15, -0.1) is 0 Å². The Morgan fingerprint density at radius 3 is 2.90 bits per heavy atom. The molecule has 20 heavy (non-hydrogen) atoms. The van der Waals surface area contributed by atoms with Gasteiger partial charge < -0.3 is 9.88 Å². The minimum atomic E-state index is 0.977. The van der Waals surface area contributed by atoms with Crippen molar-refractivity contribution in [3.05, 3.63) is 58.9 Å². The van der Waals surface area contributed by atoms with E-state index in [-0.39, 0.29) is 0 Å². The highest BCUT2D eigenvalue weighted by Gasteiger charge is 2.10. The Balaban J connectivity index is 1.63. The monoisotopic (exact) mass is 268 g/mol. The maximum Gasteiger partial charge on any atom is 0.0470 e. The van der Waals surface area contributed by atoms with E-state index in [4.69, 9.17) is 0 Å². The fourth-order valence-corrected chi connectivity index (χ4v) is 3.04. The third kappa shape index (κ3) is 3.13. The second kappa shape index (κ2) is 6.27. The minimum absolute atomic E-state index is 0.977. The average Bonchev–Trinajstić information content (AvgIpc) is 3.08. The van der Waals surface area contributed by atoms with E-state index in [2.05, 4.69) is 53.5 Å². The smallest absolute Gasteiger partial charge is 0.0470 e. The number of nitrogens with one attached hydrogen (secondary N) is 1. The lowest BCUT2D eigenvalue weighted by Gasteiger charge is -2.06. The molecule has 2 heteroatoms. The van der Waals surface area contributed by atoms with Gasteiger partial charge in [0, 0.05) is 25.5 Å². The summed E-state index contributed by atoms with van der Waals surface area (Å²) in [5.41, 5.74) is 5.93. The van der Waals surface area contributed by atoms with Gasteiger partial charge in [0.1, 0.15) is 0 Å². The second-order valence-corrected chi connectivity index (χ2v) is 5.83. The summed E-state index contributed by atoms with van der Waals surface area (Å²) in [4.78, 5) is 0. The fraction of sp³-hybridized carbons (Fsp3) is 0.444. The van der Waals surface area contributed by atoms with E-state index in [9.17, 15) is 0 Å². The van der Waals surface area contributed by atoms with Crippen molar-refractivity contribution in [3.63, 3.8) is 0 Å². The van der Waals surface area contributed by atoms with Gasteiger partial charge in [0.2, 0.25) is 0 Å². The van der Waals surface area contributed by atoms with Crippen LogP contribution < -0.4 is 5.32 Å². The zero-order chi connectivity index (χ0) is 13.8. The van der Waals surface area contributed by atoms with Crippen molar-refractivity contribution in [3.8, 4) is 0 Å². The predicted molar refractivity (Wildman–Crippen MR) is 84.0 cm³/mol. The largest absolute Gasteiger partial charge is 0.350 e. The Labute approximate surface area is 121 Å².